The zero-order valence-electron chi connectivity index (χ0n) is 22.3. The first-order chi connectivity index (χ1) is 18.7. The summed E-state index contributed by atoms with van der Waals surface area (Å²) >= 11 is 6.08. The summed E-state index contributed by atoms with van der Waals surface area (Å²) in [7, 11) is 1.49. The molecule has 2 aromatic heterocycles. The van der Waals surface area contributed by atoms with E-state index in [1.165, 1.54) is 54.9 Å². The highest BCUT2D eigenvalue weighted by atomic mass is 35.5. The Hall–Kier alpha value is -3.64. The molecule has 0 saturated carbocycles. The Morgan fingerprint density at radius 1 is 1.25 bits per heavy atom. The molecule has 40 heavy (non-hydrogen) atoms. The van der Waals surface area contributed by atoms with E-state index in [4.69, 9.17) is 11.6 Å². The molecule has 2 aliphatic rings. The van der Waals surface area contributed by atoms with E-state index in [-0.39, 0.29) is 71.4 Å². The Bertz CT molecular complexity index is 1520. The number of aromatic nitrogens is 3. The quantitative estimate of drug-likeness (QED) is 0.464. The first kappa shape index (κ1) is 27.9. The Morgan fingerprint density at radius 3 is 2.58 bits per heavy atom. The molecule has 4 heterocycles. The van der Waals surface area contributed by atoms with Gasteiger partial charge in [0.05, 0.1) is 34.8 Å². The zero-order valence-corrected chi connectivity index (χ0v) is 23.1. The van der Waals surface area contributed by atoms with Gasteiger partial charge in [0.25, 0.3) is 5.91 Å². The molecule has 0 spiro atoms. The minimum Gasteiger partial charge on any atom is -0.390 e. The van der Waals surface area contributed by atoms with Crippen LogP contribution < -0.4 is 10.2 Å². The van der Waals surface area contributed by atoms with Crippen LogP contribution >= 0.6 is 11.6 Å². The van der Waals surface area contributed by atoms with Crippen LogP contribution in [0, 0.1) is 17.5 Å². The molecule has 1 atom stereocenters. The minimum atomic E-state index is -1.51. The number of nitrogens with zero attached hydrogens (tertiary/aromatic N) is 5. The monoisotopic (exact) mass is 576 g/mol. The van der Waals surface area contributed by atoms with E-state index in [1.807, 2.05) is 0 Å². The predicted octanol–water partition coefficient (Wildman–Crippen LogP) is 3.64. The largest absolute Gasteiger partial charge is 0.390 e. The molecule has 13 heteroatoms. The van der Waals surface area contributed by atoms with Crippen LogP contribution in [0.3, 0.4) is 0 Å². The van der Waals surface area contributed by atoms with Crippen LogP contribution in [0.2, 0.25) is 5.02 Å². The molecule has 2 N–H and O–H groups in total. The molecular weight excluding hydrogens is 549 g/mol. The molecule has 0 bridgehead atoms. The molecule has 5 rings (SSSR count). The Kier molecular flexibility index (Phi) is 6.82. The standard InChI is InChI=1S/C27H28ClF3N6O3/c1-26(2,40)8-19(38)36-10-14(11-36)33-23-22(31)20-15(9-32-23)25(39)37(24-18(29)12-35(4)34-24)13-27(20,3)16-6-5-7-17(28)21(16)30/h5-7,9,12,14,40H,8,10-11,13H2,1-4H3,(H,32,33)/t27-/m1/s1. The van der Waals surface area contributed by atoms with Crippen LogP contribution in [0.1, 0.15) is 48.7 Å². The third kappa shape index (κ3) is 4.79. The van der Waals surface area contributed by atoms with Gasteiger partial charge in [-0.2, -0.15) is 5.10 Å². The molecule has 3 aromatic rings. The molecule has 2 amide bonds. The van der Waals surface area contributed by atoms with Crippen LogP contribution in [-0.2, 0) is 17.3 Å². The van der Waals surface area contributed by atoms with Gasteiger partial charge in [-0.25, -0.2) is 18.2 Å². The number of hydrogen-bond donors (Lipinski definition) is 2. The highest BCUT2D eigenvalue weighted by molar-refractivity contribution is 6.30. The number of aryl methyl sites for hydroxylation is 1. The summed E-state index contributed by atoms with van der Waals surface area (Å²) in [5.74, 6) is -3.85. The topological polar surface area (TPSA) is 104 Å². The van der Waals surface area contributed by atoms with E-state index in [9.17, 15) is 19.1 Å². The van der Waals surface area contributed by atoms with Gasteiger partial charge in [0.2, 0.25) is 5.91 Å². The maximum atomic E-state index is 16.3. The van der Waals surface area contributed by atoms with E-state index in [2.05, 4.69) is 15.4 Å². The maximum absolute atomic E-state index is 16.3. The number of hydrogen-bond acceptors (Lipinski definition) is 6. The van der Waals surface area contributed by atoms with Crippen molar-refractivity contribution in [3.63, 3.8) is 0 Å². The molecule has 1 saturated heterocycles. The van der Waals surface area contributed by atoms with Gasteiger partial charge in [0.1, 0.15) is 5.82 Å². The van der Waals surface area contributed by atoms with Gasteiger partial charge in [-0.1, -0.05) is 23.7 Å². The lowest BCUT2D eigenvalue weighted by atomic mass is 9.71. The van der Waals surface area contributed by atoms with Gasteiger partial charge in [-0.3, -0.25) is 19.2 Å². The van der Waals surface area contributed by atoms with Gasteiger partial charge in [0.15, 0.2) is 23.3 Å². The Balaban J connectivity index is 1.53. The first-order valence-corrected chi connectivity index (χ1v) is 13.0. The Labute approximate surface area is 233 Å². The predicted molar refractivity (Wildman–Crippen MR) is 142 cm³/mol. The van der Waals surface area contributed by atoms with Crippen molar-refractivity contribution in [3.05, 3.63) is 69.8 Å². The number of pyridine rings is 1. The fourth-order valence-corrected chi connectivity index (χ4v) is 5.48. The van der Waals surface area contributed by atoms with Crippen LogP contribution in [0.4, 0.5) is 24.8 Å². The second-order valence-electron chi connectivity index (χ2n) is 11.1. The van der Waals surface area contributed by atoms with Crippen molar-refractivity contribution in [2.75, 3.05) is 29.9 Å². The lowest BCUT2D eigenvalue weighted by molar-refractivity contribution is -0.139. The Morgan fingerprint density at radius 2 is 1.95 bits per heavy atom. The van der Waals surface area contributed by atoms with Crippen molar-refractivity contribution < 1.29 is 27.9 Å². The van der Waals surface area contributed by atoms with Crippen molar-refractivity contribution in [1.82, 2.24) is 19.7 Å². The number of likely N-dealkylation sites (tertiary alicyclic amines) is 1. The number of benzene rings is 1. The molecule has 212 valence electrons. The molecule has 2 aliphatic heterocycles. The van der Waals surface area contributed by atoms with Gasteiger partial charge in [-0.15, -0.1) is 0 Å². The number of carbonyl (C=O) groups excluding carboxylic acids is 2. The molecule has 1 aromatic carbocycles. The number of halogens is 4. The SMILES string of the molecule is Cn1cc(F)c(N2C[C@](C)(c3cccc(Cl)c3F)c3c(cnc(NC4CN(C(=O)CC(C)(C)O)C4)c3F)C2=O)n1. The average molecular weight is 577 g/mol. The van der Waals surface area contributed by atoms with Crippen LogP contribution in [-0.4, -0.2) is 67.9 Å². The maximum Gasteiger partial charge on any atom is 0.261 e. The average Bonchev–Trinajstić information content (AvgIpc) is 3.17. The number of amides is 2. The highest BCUT2D eigenvalue weighted by Crippen LogP contribution is 2.45. The van der Waals surface area contributed by atoms with E-state index in [0.29, 0.717) is 0 Å². The second-order valence-corrected chi connectivity index (χ2v) is 11.5. The van der Waals surface area contributed by atoms with Gasteiger partial charge >= 0.3 is 0 Å². The summed E-state index contributed by atoms with van der Waals surface area (Å²) < 4.78 is 47.7. The first-order valence-electron chi connectivity index (χ1n) is 12.6. The van der Waals surface area contributed by atoms with Gasteiger partial charge < -0.3 is 15.3 Å². The molecule has 9 nitrogen and oxygen atoms in total. The van der Waals surface area contributed by atoms with Crippen LogP contribution in [0.25, 0.3) is 0 Å². The second kappa shape index (κ2) is 9.77. The lowest BCUT2D eigenvalue weighted by Gasteiger charge is -2.43. The summed E-state index contributed by atoms with van der Waals surface area (Å²) in [5, 5.41) is 16.7. The summed E-state index contributed by atoms with van der Waals surface area (Å²) in [5.41, 5.74) is -2.94. The van der Waals surface area contributed by atoms with Crippen molar-refractivity contribution >= 4 is 35.1 Å². The van der Waals surface area contributed by atoms with Crippen molar-refractivity contribution in [2.24, 2.45) is 7.05 Å². The molecule has 0 radical (unpaired) electrons. The molecule has 1 fully saturated rings. The van der Waals surface area contributed by atoms with Crippen LogP contribution in [0.15, 0.2) is 30.6 Å². The van der Waals surface area contributed by atoms with Crippen molar-refractivity contribution in [3.8, 4) is 0 Å². The van der Waals surface area contributed by atoms with Crippen molar-refractivity contribution in [1.29, 1.82) is 0 Å². The highest BCUT2D eigenvalue weighted by Gasteiger charge is 2.47. The van der Waals surface area contributed by atoms with E-state index >= 15 is 8.78 Å². The fourth-order valence-electron chi connectivity index (χ4n) is 5.30. The number of rotatable bonds is 6. The van der Waals surface area contributed by atoms with E-state index in [0.717, 1.165) is 11.1 Å². The number of anilines is 2. The zero-order chi connectivity index (χ0) is 29.1. The van der Waals surface area contributed by atoms with Crippen molar-refractivity contribution in [2.45, 2.75) is 44.2 Å². The third-order valence-electron chi connectivity index (χ3n) is 7.25. The number of fused-ring (bicyclic) bond motifs is 1. The van der Waals surface area contributed by atoms with Gasteiger partial charge in [0, 0.05) is 49.4 Å². The minimum absolute atomic E-state index is 0.0122. The number of carbonyl (C=O) groups is 2. The smallest absolute Gasteiger partial charge is 0.261 e. The van der Waals surface area contributed by atoms with E-state index in [1.54, 1.807) is 6.92 Å². The lowest BCUT2D eigenvalue weighted by Crippen LogP contribution is -2.58. The molecule has 0 aliphatic carbocycles. The van der Waals surface area contributed by atoms with Gasteiger partial charge in [-0.05, 0) is 26.8 Å². The fraction of sp³-hybridized carbons (Fsp3) is 0.407. The summed E-state index contributed by atoms with van der Waals surface area (Å²) in [4.78, 5) is 32.6. The third-order valence-corrected chi connectivity index (χ3v) is 7.54. The number of aliphatic hydroxyl groups is 1. The summed E-state index contributed by atoms with van der Waals surface area (Å²) in [6.07, 6.45) is 2.21. The summed E-state index contributed by atoms with van der Waals surface area (Å²) in [6, 6.07) is 3.98. The normalized spacial score (nSPS) is 19.5. The van der Waals surface area contributed by atoms with E-state index < -0.39 is 34.4 Å². The number of nitrogens with one attached hydrogen (secondary N) is 1. The molecule has 0 unspecified atom stereocenters. The van der Waals surface area contributed by atoms with Crippen LogP contribution in [0.5, 0.6) is 0 Å². The molecular formula is C27H28ClF3N6O3. The summed E-state index contributed by atoms with van der Waals surface area (Å²) in [6.45, 7) is 4.83.